The van der Waals surface area contributed by atoms with Crippen molar-refractivity contribution in [1.29, 1.82) is 5.26 Å². The van der Waals surface area contributed by atoms with Gasteiger partial charge in [0, 0.05) is 17.6 Å². The number of anilines is 1. The van der Waals surface area contributed by atoms with Crippen molar-refractivity contribution in [2.45, 2.75) is 18.2 Å². The van der Waals surface area contributed by atoms with Crippen LogP contribution in [0, 0.1) is 11.3 Å². The highest BCUT2D eigenvalue weighted by Gasteiger charge is 2.25. The number of rotatable bonds is 4. The summed E-state index contributed by atoms with van der Waals surface area (Å²) >= 11 is 9.74. The van der Waals surface area contributed by atoms with E-state index in [0.29, 0.717) is 36.7 Å². The first-order valence-corrected chi connectivity index (χ1v) is 9.96. The maximum Gasteiger partial charge on any atom is 0.224 e. The Balaban J connectivity index is 2.06. The lowest BCUT2D eigenvalue weighted by Gasteiger charge is -2.34. The first-order chi connectivity index (χ1) is 12.9. The van der Waals surface area contributed by atoms with Crippen LogP contribution in [-0.2, 0) is 15.8 Å². The van der Waals surface area contributed by atoms with Crippen LogP contribution < -0.4 is 4.90 Å². The van der Waals surface area contributed by atoms with E-state index in [2.05, 4.69) is 9.97 Å². The number of hydrogen-bond donors (Lipinski definition) is 0. The molecule has 1 aromatic carbocycles. The average molecular weight is 426 g/mol. The second-order valence-corrected chi connectivity index (χ2v) is 7.76. The van der Waals surface area contributed by atoms with Crippen molar-refractivity contribution in [2.75, 3.05) is 24.7 Å². The smallest absolute Gasteiger partial charge is 0.224 e. The Bertz CT molecular complexity index is 922. The Kier molecular flexibility index (Phi) is 6.29. The van der Waals surface area contributed by atoms with E-state index in [0.717, 1.165) is 0 Å². The van der Waals surface area contributed by atoms with Crippen molar-refractivity contribution in [1.82, 2.24) is 9.97 Å². The van der Waals surface area contributed by atoms with E-state index in [9.17, 15) is 8.76 Å². The SMILES string of the molecule is C[C@H]1COCCN1c1cc(C(c2ccc(C#N)cc2Cl)S(=O)[O-])nc(Cl)n1. The Morgan fingerprint density at radius 1 is 1.41 bits per heavy atom. The van der Waals surface area contributed by atoms with Gasteiger partial charge in [0.15, 0.2) is 0 Å². The van der Waals surface area contributed by atoms with Crippen LogP contribution in [0.3, 0.4) is 0 Å². The van der Waals surface area contributed by atoms with Crippen LogP contribution >= 0.6 is 23.2 Å². The van der Waals surface area contributed by atoms with Crippen molar-refractivity contribution in [3.05, 3.63) is 51.4 Å². The van der Waals surface area contributed by atoms with Crippen molar-refractivity contribution >= 4 is 40.1 Å². The molecule has 1 saturated heterocycles. The van der Waals surface area contributed by atoms with Gasteiger partial charge in [-0.15, -0.1) is 0 Å². The summed E-state index contributed by atoms with van der Waals surface area (Å²) in [4.78, 5) is 10.3. The summed E-state index contributed by atoms with van der Waals surface area (Å²) in [5, 5.41) is 7.95. The van der Waals surface area contributed by atoms with Gasteiger partial charge in [-0.2, -0.15) is 5.26 Å². The topological polar surface area (TPSA) is 102 Å². The number of hydrogen-bond acceptors (Lipinski definition) is 7. The Hall–Kier alpha value is -1.76. The van der Waals surface area contributed by atoms with Crippen LogP contribution in [0.15, 0.2) is 24.3 Å². The number of nitriles is 1. The molecule has 3 atom stereocenters. The molecule has 0 saturated carbocycles. The molecule has 7 nitrogen and oxygen atoms in total. The molecule has 3 rings (SSSR count). The third kappa shape index (κ3) is 4.39. The number of ether oxygens (including phenoxy) is 1. The highest BCUT2D eigenvalue weighted by Crippen LogP contribution is 2.34. The summed E-state index contributed by atoms with van der Waals surface area (Å²) in [7, 11) is 0. The normalized spacial score (nSPS) is 19.4. The largest absolute Gasteiger partial charge is 0.772 e. The Morgan fingerprint density at radius 3 is 2.81 bits per heavy atom. The molecule has 0 spiro atoms. The predicted molar refractivity (Wildman–Crippen MR) is 102 cm³/mol. The predicted octanol–water partition coefficient (Wildman–Crippen LogP) is 2.85. The number of morpholine rings is 1. The molecule has 142 valence electrons. The first-order valence-electron chi connectivity index (χ1n) is 8.07. The van der Waals surface area contributed by atoms with Gasteiger partial charge in [0.05, 0.1) is 41.8 Å². The molecule has 1 aliphatic rings. The molecule has 0 bridgehead atoms. The fraction of sp³-hybridized carbons (Fsp3) is 0.353. The van der Waals surface area contributed by atoms with Gasteiger partial charge in [-0.3, -0.25) is 4.21 Å². The maximum absolute atomic E-state index is 12.0. The molecule has 0 N–H and O–H groups in total. The van der Waals surface area contributed by atoms with Gasteiger partial charge in [-0.25, -0.2) is 9.97 Å². The van der Waals surface area contributed by atoms with Gasteiger partial charge in [0.2, 0.25) is 5.28 Å². The van der Waals surface area contributed by atoms with Crippen molar-refractivity contribution < 1.29 is 13.5 Å². The summed E-state index contributed by atoms with van der Waals surface area (Å²) < 4.78 is 29.4. The van der Waals surface area contributed by atoms with Crippen LogP contribution in [0.2, 0.25) is 10.3 Å². The van der Waals surface area contributed by atoms with E-state index < -0.39 is 16.3 Å². The minimum absolute atomic E-state index is 0.0543. The molecule has 2 unspecified atom stereocenters. The number of nitrogens with zero attached hydrogens (tertiary/aromatic N) is 4. The lowest BCUT2D eigenvalue weighted by molar-refractivity contribution is 0.0985. The highest BCUT2D eigenvalue weighted by atomic mass is 35.5. The van der Waals surface area contributed by atoms with E-state index in [1.807, 2.05) is 17.9 Å². The molecule has 0 radical (unpaired) electrons. The number of aromatic nitrogens is 2. The Morgan fingerprint density at radius 2 is 2.19 bits per heavy atom. The summed E-state index contributed by atoms with van der Waals surface area (Å²) in [6, 6.07) is 8.07. The molecule has 1 fully saturated rings. The van der Waals surface area contributed by atoms with Crippen LogP contribution in [0.1, 0.15) is 29.0 Å². The second kappa shape index (κ2) is 8.50. The zero-order valence-electron chi connectivity index (χ0n) is 14.3. The maximum atomic E-state index is 12.0. The summed E-state index contributed by atoms with van der Waals surface area (Å²) in [6.07, 6.45) is 0. The molecular formula is C17H15Cl2N4O3S-. The van der Waals surface area contributed by atoms with Gasteiger partial charge in [-0.1, -0.05) is 17.7 Å². The fourth-order valence-electron chi connectivity index (χ4n) is 2.94. The van der Waals surface area contributed by atoms with Crippen molar-refractivity contribution in [3.8, 4) is 6.07 Å². The fourth-order valence-corrected chi connectivity index (χ4v) is 4.21. The standard InChI is InChI=1S/C17H16Cl2N4O3S/c1-10-9-26-5-4-23(10)15-7-14(21-17(19)22-15)16(27(24)25)12-3-2-11(8-20)6-13(12)18/h2-3,6-7,10,16H,4-5,9H2,1H3,(H,24,25)/p-1/t10-,16?/m0/s1. The van der Waals surface area contributed by atoms with Crippen molar-refractivity contribution in [3.63, 3.8) is 0 Å². The summed E-state index contributed by atoms with van der Waals surface area (Å²) in [5.41, 5.74) is 0.867. The van der Waals surface area contributed by atoms with Gasteiger partial charge in [0.25, 0.3) is 0 Å². The summed E-state index contributed by atoms with van der Waals surface area (Å²) in [5.74, 6) is 0.529. The van der Waals surface area contributed by atoms with Crippen LogP contribution in [-0.4, -0.2) is 44.5 Å². The molecule has 1 aromatic heterocycles. The van der Waals surface area contributed by atoms with E-state index in [4.69, 9.17) is 33.2 Å². The highest BCUT2D eigenvalue weighted by molar-refractivity contribution is 7.79. The number of halogens is 2. The van der Waals surface area contributed by atoms with Crippen LogP contribution in [0.4, 0.5) is 5.82 Å². The molecular weight excluding hydrogens is 411 g/mol. The summed E-state index contributed by atoms with van der Waals surface area (Å²) in [6.45, 7) is 3.67. The molecule has 0 amide bonds. The minimum Gasteiger partial charge on any atom is -0.772 e. The van der Waals surface area contributed by atoms with E-state index >= 15 is 0 Å². The van der Waals surface area contributed by atoms with Crippen LogP contribution in [0.5, 0.6) is 0 Å². The van der Waals surface area contributed by atoms with Crippen LogP contribution in [0.25, 0.3) is 0 Å². The first kappa shape index (κ1) is 20.0. The molecule has 1 aliphatic heterocycles. The minimum atomic E-state index is -2.56. The molecule has 2 heterocycles. The Labute approximate surface area is 169 Å². The zero-order valence-corrected chi connectivity index (χ0v) is 16.6. The third-order valence-electron chi connectivity index (χ3n) is 4.24. The monoisotopic (exact) mass is 425 g/mol. The average Bonchev–Trinajstić information content (AvgIpc) is 2.63. The number of benzene rings is 1. The van der Waals surface area contributed by atoms with E-state index in [1.165, 1.54) is 18.2 Å². The second-order valence-electron chi connectivity index (χ2n) is 6.03. The zero-order chi connectivity index (χ0) is 19.6. The third-order valence-corrected chi connectivity index (χ3v) is 5.62. The van der Waals surface area contributed by atoms with Gasteiger partial charge in [0.1, 0.15) is 5.82 Å². The van der Waals surface area contributed by atoms with Crippen molar-refractivity contribution in [2.24, 2.45) is 0 Å². The molecule has 0 aliphatic carbocycles. The quantitative estimate of drug-likeness (QED) is 0.547. The van der Waals surface area contributed by atoms with Gasteiger partial charge < -0.3 is 14.2 Å². The lowest BCUT2D eigenvalue weighted by atomic mass is 10.1. The van der Waals surface area contributed by atoms with Gasteiger partial charge >= 0.3 is 0 Å². The van der Waals surface area contributed by atoms with E-state index in [-0.39, 0.29) is 22.0 Å². The lowest BCUT2D eigenvalue weighted by Crippen LogP contribution is -2.44. The van der Waals surface area contributed by atoms with Gasteiger partial charge in [-0.05, 0) is 47.3 Å². The molecule has 2 aromatic rings. The molecule has 27 heavy (non-hydrogen) atoms. The molecule has 10 heteroatoms. The van der Waals surface area contributed by atoms with E-state index in [1.54, 1.807) is 6.07 Å².